The summed E-state index contributed by atoms with van der Waals surface area (Å²) in [4.78, 5) is 4.76. The van der Waals surface area contributed by atoms with E-state index in [1.54, 1.807) is 0 Å². The molecule has 0 unspecified atom stereocenters. The smallest absolute Gasteiger partial charge is 0.111 e. The molecule has 0 aliphatic rings. The Morgan fingerprint density at radius 2 is 2.00 bits per heavy atom. The number of hydrogen-bond donors (Lipinski definition) is 0. The lowest BCUT2D eigenvalue weighted by atomic mass is 10.0. The van der Waals surface area contributed by atoms with Crippen molar-refractivity contribution in [3.8, 4) is 0 Å². The monoisotopic (exact) mass is 278 g/mol. The van der Waals surface area contributed by atoms with Crippen molar-refractivity contribution in [3.63, 3.8) is 0 Å². The summed E-state index contributed by atoms with van der Waals surface area (Å²) in [5.74, 6) is 2.47. The average molecular weight is 279 g/mol. The number of nitrogens with zero attached hydrogens (tertiary/aromatic N) is 2. The van der Waals surface area contributed by atoms with Crippen molar-refractivity contribution in [3.05, 3.63) is 29.6 Å². The van der Waals surface area contributed by atoms with Gasteiger partial charge in [-0.1, -0.05) is 38.8 Å². The van der Waals surface area contributed by atoms with Gasteiger partial charge >= 0.3 is 0 Å². The van der Waals surface area contributed by atoms with Gasteiger partial charge in [-0.3, -0.25) is 0 Å². The number of para-hydroxylation sites is 1. The molecule has 1 aromatic heterocycles. The van der Waals surface area contributed by atoms with Crippen molar-refractivity contribution in [2.45, 2.75) is 46.6 Å². The van der Waals surface area contributed by atoms with Crippen molar-refractivity contribution >= 4 is 22.6 Å². The van der Waals surface area contributed by atoms with E-state index in [0.29, 0.717) is 11.8 Å². The highest BCUT2D eigenvalue weighted by molar-refractivity contribution is 6.17. The zero-order valence-electron chi connectivity index (χ0n) is 12.1. The van der Waals surface area contributed by atoms with Crippen LogP contribution in [0.25, 0.3) is 11.0 Å². The van der Waals surface area contributed by atoms with Crippen LogP contribution in [-0.2, 0) is 13.0 Å². The van der Waals surface area contributed by atoms with Crippen LogP contribution >= 0.6 is 11.6 Å². The largest absolute Gasteiger partial charge is 0.327 e. The van der Waals surface area contributed by atoms with E-state index in [-0.39, 0.29) is 0 Å². The Balaban J connectivity index is 2.50. The highest BCUT2D eigenvalue weighted by Crippen LogP contribution is 2.23. The van der Waals surface area contributed by atoms with Crippen molar-refractivity contribution in [1.29, 1.82) is 0 Å². The van der Waals surface area contributed by atoms with Gasteiger partial charge in [-0.25, -0.2) is 4.98 Å². The van der Waals surface area contributed by atoms with Crippen molar-refractivity contribution in [2.24, 2.45) is 5.92 Å². The van der Waals surface area contributed by atoms with Crippen LogP contribution in [0.5, 0.6) is 0 Å². The minimum atomic E-state index is 0.630. The molecule has 0 saturated heterocycles. The second-order valence-electron chi connectivity index (χ2n) is 5.20. The summed E-state index contributed by atoms with van der Waals surface area (Å²) in [5.41, 5.74) is 3.69. The molecule has 0 spiro atoms. The second-order valence-corrected chi connectivity index (χ2v) is 5.58. The third-order valence-corrected chi connectivity index (χ3v) is 4.15. The number of aromatic nitrogens is 2. The zero-order chi connectivity index (χ0) is 13.8. The Morgan fingerprint density at radius 1 is 1.26 bits per heavy atom. The van der Waals surface area contributed by atoms with E-state index in [4.69, 9.17) is 16.6 Å². The standard InChI is InChI=1S/C16H23ClN2/c1-4-13(5-2)11-19-15(9-10-17)18-14-8-6-7-12(3)16(14)19/h6-8,13H,4-5,9-11H2,1-3H3. The highest BCUT2D eigenvalue weighted by Gasteiger charge is 2.14. The molecule has 0 bridgehead atoms. The van der Waals surface area contributed by atoms with E-state index in [9.17, 15) is 0 Å². The van der Waals surface area contributed by atoms with Crippen LogP contribution in [0, 0.1) is 12.8 Å². The quantitative estimate of drug-likeness (QED) is 0.708. The predicted octanol–water partition coefficient (Wildman–Crippen LogP) is 4.56. The van der Waals surface area contributed by atoms with Gasteiger partial charge in [0.05, 0.1) is 11.0 Å². The first kappa shape index (κ1) is 14.4. The first-order chi connectivity index (χ1) is 9.21. The van der Waals surface area contributed by atoms with Gasteiger partial charge in [0.2, 0.25) is 0 Å². The molecule has 0 aliphatic carbocycles. The molecule has 2 aromatic rings. The van der Waals surface area contributed by atoms with Gasteiger partial charge in [-0.05, 0) is 24.5 Å². The third kappa shape index (κ3) is 2.94. The number of aryl methyl sites for hydroxylation is 2. The number of fused-ring (bicyclic) bond motifs is 1. The van der Waals surface area contributed by atoms with Crippen LogP contribution < -0.4 is 0 Å². The molecule has 0 radical (unpaired) electrons. The topological polar surface area (TPSA) is 17.8 Å². The summed E-state index contributed by atoms with van der Waals surface area (Å²) in [5, 5.41) is 0. The fourth-order valence-electron chi connectivity index (χ4n) is 2.69. The molecule has 0 N–H and O–H groups in total. The first-order valence-electron chi connectivity index (χ1n) is 7.21. The molecule has 1 heterocycles. The van der Waals surface area contributed by atoms with Crippen LogP contribution in [0.3, 0.4) is 0 Å². The number of imidazole rings is 1. The Labute approximate surface area is 120 Å². The summed E-state index contributed by atoms with van der Waals surface area (Å²) >= 11 is 5.93. The molecule has 19 heavy (non-hydrogen) atoms. The summed E-state index contributed by atoms with van der Waals surface area (Å²) in [6.45, 7) is 7.75. The molecule has 2 rings (SSSR count). The van der Waals surface area contributed by atoms with E-state index in [1.165, 1.54) is 23.9 Å². The SMILES string of the molecule is CCC(CC)Cn1c(CCCl)nc2cccc(C)c21. The Kier molecular flexibility index (Phi) is 4.87. The Bertz CT molecular complexity index is 541. The van der Waals surface area contributed by atoms with Crippen LogP contribution in [0.2, 0.25) is 0 Å². The van der Waals surface area contributed by atoms with Gasteiger partial charge in [-0.2, -0.15) is 0 Å². The minimum Gasteiger partial charge on any atom is -0.327 e. The fraction of sp³-hybridized carbons (Fsp3) is 0.562. The van der Waals surface area contributed by atoms with E-state index >= 15 is 0 Å². The Hall–Kier alpha value is -1.02. The molecular weight excluding hydrogens is 256 g/mol. The number of rotatable bonds is 6. The molecule has 3 heteroatoms. The molecule has 2 nitrogen and oxygen atoms in total. The average Bonchev–Trinajstić information content (AvgIpc) is 2.75. The normalized spacial score (nSPS) is 11.6. The third-order valence-electron chi connectivity index (χ3n) is 3.96. The van der Waals surface area contributed by atoms with Gasteiger partial charge in [-0.15, -0.1) is 11.6 Å². The fourth-order valence-corrected chi connectivity index (χ4v) is 2.86. The van der Waals surface area contributed by atoms with Gasteiger partial charge in [0.1, 0.15) is 5.82 Å². The van der Waals surface area contributed by atoms with Crippen molar-refractivity contribution in [2.75, 3.05) is 5.88 Å². The van der Waals surface area contributed by atoms with E-state index in [1.807, 2.05) is 0 Å². The number of alkyl halides is 1. The lowest BCUT2D eigenvalue weighted by Crippen LogP contribution is -2.13. The maximum Gasteiger partial charge on any atom is 0.111 e. The summed E-state index contributed by atoms with van der Waals surface area (Å²) in [6.07, 6.45) is 3.26. The van der Waals surface area contributed by atoms with E-state index in [2.05, 4.69) is 43.5 Å². The van der Waals surface area contributed by atoms with Crippen LogP contribution in [-0.4, -0.2) is 15.4 Å². The molecule has 0 saturated carbocycles. The first-order valence-corrected chi connectivity index (χ1v) is 7.75. The van der Waals surface area contributed by atoms with Gasteiger partial charge < -0.3 is 4.57 Å². The lowest BCUT2D eigenvalue weighted by molar-refractivity contribution is 0.417. The Morgan fingerprint density at radius 3 is 2.63 bits per heavy atom. The minimum absolute atomic E-state index is 0.630. The van der Waals surface area contributed by atoms with Crippen molar-refractivity contribution in [1.82, 2.24) is 9.55 Å². The molecule has 0 aliphatic heterocycles. The van der Waals surface area contributed by atoms with Crippen LogP contribution in [0.15, 0.2) is 18.2 Å². The van der Waals surface area contributed by atoms with Gasteiger partial charge in [0, 0.05) is 18.8 Å². The van der Waals surface area contributed by atoms with Crippen LogP contribution in [0.1, 0.15) is 38.1 Å². The molecule has 104 valence electrons. The summed E-state index contributed by atoms with van der Waals surface area (Å²) < 4.78 is 2.39. The number of halogens is 1. The number of benzene rings is 1. The van der Waals surface area contributed by atoms with Crippen molar-refractivity contribution < 1.29 is 0 Å². The van der Waals surface area contributed by atoms with Gasteiger partial charge in [0.25, 0.3) is 0 Å². The zero-order valence-corrected chi connectivity index (χ0v) is 12.9. The highest BCUT2D eigenvalue weighted by atomic mass is 35.5. The molecule has 0 amide bonds. The molecule has 0 atom stereocenters. The van der Waals surface area contributed by atoms with Crippen LogP contribution in [0.4, 0.5) is 0 Å². The van der Waals surface area contributed by atoms with E-state index < -0.39 is 0 Å². The second kappa shape index (κ2) is 6.42. The molecule has 1 aromatic carbocycles. The summed E-state index contributed by atoms with van der Waals surface area (Å²) in [7, 11) is 0. The maximum atomic E-state index is 5.93. The van der Waals surface area contributed by atoms with Gasteiger partial charge in [0.15, 0.2) is 0 Å². The predicted molar refractivity (Wildman–Crippen MR) is 83.0 cm³/mol. The molecular formula is C16H23ClN2. The molecule has 0 fully saturated rings. The number of hydrogen-bond acceptors (Lipinski definition) is 1. The maximum absolute atomic E-state index is 5.93. The van der Waals surface area contributed by atoms with E-state index in [0.717, 1.165) is 24.3 Å². The summed E-state index contributed by atoms with van der Waals surface area (Å²) in [6, 6.07) is 6.35. The lowest BCUT2D eigenvalue weighted by Gasteiger charge is -2.16.